The minimum atomic E-state index is 0.351. The van der Waals surface area contributed by atoms with Gasteiger partial charge in [0.25, 0.3) is 0 Å². The van der Waals surface area contributed by atoms with Crippen LogP contribution in [0.4, 0.5) is 0 Å². The van der Waals surface area contributed by atoms with Crippen molar-refractivity contribution in [2.75, 3.05) is 0 Å². The van der Waals surface area contributed by atoms with Crippen LogP contribution in [0, 0.1) is 41.5 Å². The van der Waals surface area contributed by atoms with E-state index in [1.165, 1.54) is 90.7 Å². The molecule has 0 N–H and O–H groups in total. The molecule has 1 aliphatic rings. The van der Waals surface area contributed by atoms with Gasteiger partial charge in [-0.1, -0.05) is 81.3 Å². The molecule has 0 saturated heterocycles. The molecular formula is C39H50. The first-order chi connectivity index (χ1) is 18.5. The van der Waals surface area contributed by atoms with Gasteiger partial charge in [-0.2, -0.15) is 0 Å². The van der Waals surface area contributed by atoms with E-state index in [1.807, 2.05) is 0 Å². The maximum Gasteiger partial charge on any atom is 0.00946 e. The Morgan fingerprint density at radius 2 is 0.974 bits per heavy atom. The van der Waals surface area contributed by atoms with Crippen LogP contribution in [0.3, 0.4) is 0 Å². The second kappa shape index (κ2) is 12.1. The Balaban J connectivity index is 2.03. The lowest BCUT2D eigenvalue weighted by Crippen LogP contribution is -2.11. The summed E-state index contributed by atoms with van der Waals surface area (Å²) in [6.45, 7) is 25.4. The molecular weight excluding hydrogens is 468 g/mol. The van der Waals surface area contributed by atoms with Gasteiger partial charge in [0.1, 0.15) is 0 Å². The number of benzene rings is 3. The predicted molar refractivity (Wildman–Crippen MR) is 172 cm³/mol. The average Bonchev–Trinajstić information content (AvgIpc) is 2.86. The van der Waals surface area contributed by atoms with Gasteiger partial charge in [-0.3, -0.25) is 0 Å². The van der Waals surface area contributed by atoms with E-state index in [0.717, 1.165) is 25.7 Å². The van der Waals surface area contributed by atoms with Crippen molar-refractivity contribution in [2.45, 2.75) is 113 Å². The lowest BCUT2D eigenvalue weighted by molar-refractivity contribution is 0.674. The first-order valence-corrected chi connectivity index (χ1v) is 15.2. The fourth-order valence-electron chi connectivity index (χ4n) is 7.02. The van der Waals surface area contributed by atoms with Crippen LogP contribution in [-0.4, -0.2) is 0 Å². The minimum Gasteiger partial charge on any atom is -0.0952 e. The third-order valence-corrected chi connectivity index (χ3v) is 9.18. The predicted octanol–water partition coefficient (Wildman–Crippen LogP) is 11.0. The van der Waals surface area contributed by atoms with Gasteiger partial charge in [-0.25, -0.2) is 0 Å². The normalized spacial score (nSPS) is 19.1. The van der Waals surface area contributed by atoms with E-state index in [4.69, 9.17) is 0 Å². The van der Waals surface area contributed by atoms with Crippen LogP contribution in [-0.2, 0) is 12.8 Å². The third-order valence-electron chi connectivity index (χ3n) is 9.18. The summed E-state index contributed by atoms with van der Waals surface area (Å²) in [5, 5.41) is 0. The molecule has 3 aromatic rings. The van der Waals surface area contributed by atoms with Crippen LogP contribution >= 0.6 is 0 Å². The summed E-state index contributed by atoms with van der Waals surface area (Å²) in [6.07, 6.45) is 8.98. The summed E-state index contributed by atoms with van der Waals surface area (Å²) in [6, 6.07) is 14.9. The van der Waals surface area contributed by atoms with E-state index in [1.54, 1.807) is 0 Å². The van der Waals surface area contributed by atoms with E-state index < -0.39 is 0 Å². The summed E-state index contributed by atoms with van der Waals surface area (Å²) in [4.78, 5) is 0. The average molecular weight is 519 g/mol. The van der Waals surface area contributed by atoms with Crippen LogP contribution in [0.1, 0.15) is 125 Å². The first kappa shape index (κ1) is 29.1. The molecule has 0 heterocycles. The topological polar surface area (TPSA) is 0 Å². The Morgan fingerprint density at radius 1 is 0.538 bits per heavy atom. The summed E-state index contributed by atoms with van der Waals surface area (Å²) in [7, 11) is 0. The molecule has 206 valence electrons. The number of hydrogen-bond donors (Lipinski definition) is 0. The van der Waals surface area contributed by atoms with Crippen molar-refractivity contribution in [3.8, 4) is 0 Å². The van der Waals surface area contributed by atoms with Crippen LogP contribution < -0.4 is 0 Å². The fraction of sp³-hybridized carbons (Fsp3) is 0.436. The molecule has 39 heavy (non-hydrogen) atoms. The number of aryl methyl sites for hydroxylation is 6. The zero-order valence-corrected chi connectivity index (χ0v) is 26.1. The molecule has 4 rings (SSSR count). The second-order valence-corrected chi connectivity index (χ2v) is 12.5. The number of allylic oxidation sites excluding steroid dienone is 3. The molecule has 6 bridgehead atoms. The smallest absolute Gasteiger partial charge is 0.00946 e. The standard InChI is InChI=1S/C39H50/c1-11-13-35-28(7)15-24(3)16-32-20-33(26(5)17-25(32)4)21-34-22-37(29(8)18-27(34)6)36(14-12-2)39-23-38(35)30(9)19-31(39)10/h15,17-20,22-23,35-36H,7,11-14,16,21H2,1-6,8-10H3/b24-15+. The Morgan fingerprint density at radius 3 is 1.56 bits per heavy atom. The van der Waals surface area contributed by atoms with E-state index in [0.29, 0.717) is 11.8 Å². The van der Waals surface area contributed by atoms with Gasteiger partial charge in [-0.05, 0) is 146 Å². The lowest BCUT2D eigenvalue weighted by Gasteiger charge is -2.27. The summed E-state index contributed by atoms with van der Waals surface area (Å²) >= 11 is 0. The number of hydrogen-bond acceptors (Lipinski definition) is 0. The highest BCUT2D eigenvalue weighted by molar-refractivity contribution is 5.52. The zero-order chi connectivity index (χ0) is 28.4. The minimum absolute atomic E-state index is 0.351. The third kappa shape index (κ3) is 6.16. The molecule has 1 aliphatic carbocycles. The van der Waals surface area contributed by atoms with Crippen molar-refractivity contribution >= 4 is 0 Å². The molecule has 3 aromatic carbocycles. The SMILES string of the molecule is C=C1/C=C(\C)Cc2cc(c(C)cc2C)Cc2cc(c(C)cc2C)C(CCC)c2cc(c(C)cc2C)C1CCC. The molecule has 2 unspecified atom stereocenters. The highest BCUT2D eigenvalue weighted by Gasteiger charge is 2.24. The van der Waals surface area contributed by atoms with Gasteiger partial charge >= 0.3 is 0 Å². The molecule has 0 radical (unpaired) electrons. The monoisotopic (exact) mass is 518 g/mol. The number of fused-ring (bicyclic) bond motifs is 6. The van der Waals surface area contributed by atoms with E-state index in [9.17, 15) is 0 Å². The van der Waals surface area contributed by atoms with Crippen molar-refractivity contribution in [3.05, 3.63) is 127 Å². The molecule has 2 atom stereocenters. The van der Waals surface area contributed by atoms with Crippen molar-refractivity contribution in [2.24, 2.45) is 0 Å². The van der Waals surface area contributed by atoms with Crippen LogP contribution in [0.2, 0.25) is 0 Å². The van der Waals surface area contributed by atoms with Gasteiger partial charge in [0.15, 0.2) is 0 Å². The van der Waals surface area contributed by atoms with Crippen LogP contribution in [0.15, 0.2) is 60.2 Å². The van der Waals surface area contributed by atoms with Gasteiger partial charge in [0, 0.05) is 11.8 Å². The van der Waals surface area contributed by atoms with Crippen molar-refractivity contribution in [3.63, 3.8) is 0 Å². The Hall–Kier alpha value is -2.86. The zero-order valence-electron chi connectivity index (χ0n) is 26.1. The largest absolute Gasteiger partial charge is 0.0952 e. The fourth-order valence-corrected chi connectivity index (χ4v) is 7.02. The van der Waals surface area contributed by atoms with E-state index >= 15 is 0 Å². The van der Waals surface area contributed by atoms with E-state index in [-0.39, 0.29) is 0 Å². The highest BCUT2D eigenvalue weighted by atomic mass is 14.3. The number of rotatable bonds is 4. The van der Waals surface area contributed by atoms with Gasteiger partial charge in [0.2, 0.25) is 0 Å². The first-order valence-electron chi connectivity index (χ1n) is 15.2. The maximum atomic E-state index is 4.68. The van der Waals surface area contributed by atoms with Crippen LogP contribution in [0.5, 0.6) is 0 Å². The van der Waals surface area contributed by atoms with Gasteiger partial charge < -0.3 is 0 Å². The van der Waals surface area contributed by atoms with Gasteiger partial charge in [0.05, 0.1) is 0 Å². The highest BCUT2D eigenvalue weighted by Crippen LogP contribution is 2.40. The van der Waals surface area contributed by atoms with E-state index in [2.05, 4.69) is 111 Å². The van der Waals surface area contributed by atoms with Gasteiger partial charge in [-0.15, -0.1) is 0 Å². The summed E-state index contributed by atoms with van der Waals surface area (Å²) < 4.78 is 0. The lowest BCUT2D eigenvalue weighted by atomic mass is 9.77. The maximum absolute atomic E-state index is 4.68. The van der Waals surface area contributed by atoms with Crippen molar-refractivity contribution < 1.29 is 0 Å². The molecule has 0 aromatic heterocycles. The molecule has 0 spiro atoms. The summed E-state index contributed by atoms with van der Waals surface area (Å²) in [5.74, 6) is 0.757. The molecule has 0 heteroatoms. The summed E-state index contributed by atoms with van der Waals surface area (Å²) in [5.41, 5.74) is 19.9. The molecule has 0 saturated carbocycles. The molecule has 0 amide bonds. The Bertz CT molecular complexity index is 1410. The van der Waals surface area contributed by atoms with Crippen LogP contribution in [0.25, 0.3) is 0 Å². The van der Waals surface area contributed by atoms with Crippen molar-refractivity contribution in [1.29, 1.82) is 0 Å². The Labute approximate surface area is 239 Å². The molecule has 0 aliphatic heterocycles. The molecule has 0 nitrogen and oxygen atoms in total. The quantitative estimate of drug-likeness (QED) is 0.322. The van der Waals surface area contributed by atoms with Crippen molar-refractivity contribution in [1.82, 2.24) is 0 Å². The second-order valence-electron chi connectivity index (χ2n) is 12.5. The molecule has 0 fully saturated rings. The Kier molecular flexibility index (Phi) is 9.05.